The normalized spacial score (nSPS) is 10.4. The van der Waals surface area contributed by atoms with Crippen LogP contribution in [0.15, 0.2) is 42.5 Å². The largest absolute Gasteiger partial charge is 0.478 e. The first-order chi connectivity index (χ1) is 11.0. The maximum atomic E-state index is 11.4. The molecule has 0 saturated heterocycles. The summed E-state index contributed by atoms with van der Waals surface area (Å²) in [5.41, 5.74) is 1.90. The molecule has 2 aromatic rings. The Hall–Kier alpha value is -2.49. The highest BCUT2D eigenvalue weighted by molar-refractivity contribution is 5.90. The van der Waals surface area contributed by atoms with Crippen molar-refractivity contribution in [2.75, 3.05) is 18.5 Å². The van der Waals surface area contributed by atoms with Gasteiger partial charge in [-0.1, -0.05) is 31.5 Å². The van der Waals surface area contributed by atoms with Gasteiger partial charge in [0.2, 0.25) is 0 Å². The average Bonchev–Trinajstić information content (AvgIpc) is 2.55. The number of carbonyl (C=O) groups is 1. The molecule has 2 rings (SSSR count). The Labute approximate surface area is 137 Å². The van der Waals surface area contributed by atoms with E-state index in [1.807, 2.05) is 44.3 Å². The fourth-order valence-corrected chi connectivity index (χ4v) is 2.42. The highest BCUT2D eigenvalue weighted by Crippen LogP contribution is 2.36. The monoisotopic (exact) mass is 313 g/mol. The van der Waals surface area contributed by atoms with Crippen LogP contribution in [-0.4, -0.2) is 24.7 Å². The van der Waals surface area contributed by atoms with Crippen molar-refractivity contribution < 1.29 is 14.6 Å². The molecule has 2 aromatic carbocycles. The van der Waals surface area contributed by atoms with E-state index in [1.165, 1.54) is 0 Å². The van der Waals surface area contributed by atoms with E-state index in [0.717, 1.165) is 36.4 Å². The molecule has 0 saturated carbocycles. The Kier molecular flexibility index (Phi) is 5.63. The maximum Gasteiger partial charge on any atom is 0.335 e. The number of rotatable bonds is 7. The number of aryl methyl sites for hydroxylation is 1. The number of aromatic carboxylic acids is 1. The van der Waals surface area contributed by atoms with Crippen LogP contribution in [0.25, 0.3) is 0 Å². The maximum absolute atomic E-state index is 11.4. The quantitative estimate of drug-likeness (QED) is 0.803. The van der Waals surface area contributed by atoms with Gasteiger partial charge in [0.1, 0.15) is 5.75 Å². The summed E-state index contributed by atoms with van der Waals surface area (Å²) in [4.78, 5) is 13.4. The molecule has 23 heavy (non-hydrogen) atoms. The number of carboxylic acid groups (broad SMARTS) is 1. The first kappa shape index (κ1) is 16.9. The van der Waals surface area contributed by atoms with Crippen molar-refractivity contribution in [2.24, 2.45) is 0 Å². The van der Waals surface area contributed by atoms with E-state index >= 15 is 0 Å². The number of hydrogen-bond acceptors (Lipinski definition) is 3. The topological polar surface area (TPSA) is 49.8 Å². The summed E-state index contributed by atoms with van der Waals surface area (Å²) in [6.45, 7) is 4.86. The summed E-state index contributed by atoms with van der Waals surface area (Å²) >= 11 is 0. The number of nitrogens with zero attached hydrogens (tertiary/aromatic N) is 1. The molecular formula is C19H23NO3. The van der Waals surface area contributed by atoms with E-state index in [-0.39, 0.29) is 5.56 Å². The van der Waals surface area contributed by atoms with Gasteiger partial charge in [-0.05, 0) is 43.2 Å². The lowest BCUT2D eigenvalue weighted by Crippen LogP contribution is -2.20. The summed E-state index contributed by atoms with van der Waals surface area (Å²) in [6, 6.07) is 12.9. The third kappa shape index (κ3) is 4.25. The van der Waals surface area contributed by atoms with Crippen LogP contribution in [0.3, 0.4) is 0 Å². The zero-order chi connectivity index (χ0) is 16.8. The van der Waals surface area contributed by atoms with E-state index in [2.05, 4.69) is 11.8 Å². The molecule has 0 aliphatic rings. The van der Waals surface area contributed by atoms with Crippen LogP contribution in [0, 0.1) is 6.92 Å². The van der Waals surface area contributed by atoms with Crippen LogP contribution in [0.2, 0.25) is 0 Å². The van der Waals surface area contributed by atoms with Crippen molar-refractivity contribution in [3.63, 3.8) is 0 Å². The van der Waals surface area contributed by atoms with Crippen molar-refractivity contribution in [2.45, 2.75) is 26.7 Å². The van der Waals surface area contributed by atoms with Gasteiger partial charge >= 0.3 is 5.97 Å². The minimum atomic E-state index is -0.926. The van der Waals surface area contributed by atoms with Gasteiger partial charge in [-0.2, -0.15) is 0 Å². The van der Waals surface area contributed by atoms with Gasteiger partial charge in [-0.3, -0.25) is 0 Å². The first-order valence-corrected chi connectivity index (χ1v) is 7.85. The second kappa shape index (κ2) is 7.68. The molecule has 0 radical (unpaired) electrons. The van der Waals surface area contributed by atoms with Gasteiger partial charge in [0, 0.05) is 13.6 Å². The van der Waals surface area contributed by atoms with Crippen molar-refractivity contribution in [1.29, 1.82) is 0 Å². The number of hydrogen-bond donors (Lipinski definition) is 1. The molecule has 0 atom stereocenters. The Balaban J connectivity index is 2.43. The highest BCUT2D eigenvalue weighted by atomic mass is 16.5. The predicted molar refractivity (Wildman–Crippen MR) is 92.8 cm³/mol. The fourth-order valence-electron chi connectivity index (χ4n) is 2.42. The Bertz CT molecular complexity index is 668. The number of carboxylic acids is 1. The predicted octanol–water partition coefficient (Wildman–Crippen LogP) is 4.72. The van der Waals surface area contributed by atoms with Crippen LogP contribution in [0.5, 0.6) is 11.5 Å². The number of para-hydroxylation sites is 1. The summed E-state index contributed by atoms with van der Waals surface area (Å²) < 4.78 is 6.04. The van der Waals surface area contributed by atoms with E-state index in [9.17, 15) is 9.90 Å². The van der Waals surface area contributed by atoms with E-state index in [1.54, 1.807) is 12.1 Å². The summed E-state index contributed by atoms with van der Waals surface area (Å²) in [6.07, 6.45) is 2.12. The van der Waals surface area contributed by atoms with Crippen molar-refractivity contribution in [1.82, 2.24) is 0 Å². The number of unbranched alkanes of at least 4 members (excludes halogenated alkanes) is 1. The first-order valence-electron chi connectivity index (χ1n) is 7.85. The molecule has 0 aliphatic heterocycles. The summed E-state index contributed by atoms with van der Waals surface area (Å²) in [5.74, 6) is 0.521. The Morgan fingerprint density at radius 2 is 1.91 bits per heavy atom. The number of ether oxygens (including phenoxy) is 1. The molecule has 0 amide bonds. The second-order valence-electron chi connectivity index (χ2n) is 5.64. The van der Waals surface area contributed by atoms with Crippen LogP contribution < -0.4 is 9.64 Å². The molecule has 0 fully saturated rings. The lowest BCUT2D eigenvalue weighted by atomic mass is 10.1. The van der Waals surface area contributed by atoms with Crippen LogP contribution in [0.4, 0.5) is 5.69 Å². The zero-order valence-corrected chi connectivity index (χ0v) is 13.9. The fraction of sp³-hybridized carbons (Fsp3) is 0.316. The molecule has 0 unspecified atom stereocenters. The SMILES string of the molecule is CCCCN(C)c1cc(C(=O)O)cc(C)c1Oc1ccccc1. The van der Waals surface area contributed by atoms with Gasteiger partial charge in [0.15, 0.2) is 5.75 Å². The number of benzene rings is 2. The van der Waals surface area contributed by atoms with Crippen molar-refractivity contribution in [3.8, 4) is 11.5 Å². The van der Waals surface area contributed by atoms with Gasteiger partial charge < -0.3 is 14.7 Å². The van der Waals surface area contributed by atoms with Gasteiger partial charge in [0.05, 0.1) is 11.3 Å². The van der Waals surface area contributed by atoms with Crippen LogP contribution >= 0.6 is 0 Å². The highest BCUT2D eigenvalue weighted by Gasteiger charge is 2.17. The standard InChI is InChI=1S/C19H23NO3/c1-4-5-11-20(3)17-13-15(19(21)22)12-14(2)18(17)23-16-9-7-6-8-10-16/h6-10,12-13H,4-5,11H2,1-3H3,(H,21,22). The molecular weight excluding hydrogens is 290 g/mol. The molecule has 1 N–H and O–H groups in total. The van der Waals surface area contributed by atoms with E-state index in [0.29, 0.717) is 5.75 Å². The minimum Gasteiger partial charge on any atom is -0.478 e. The molecule has 0 heterocycles. The van der Waals surface area contributed by atoms with Gasteiger partial charge in [-0.25, -0.2) is 4.79 Å². The third-order valence-corrected chi connectivity index (χ3v) is 3.72. The second-order valence-corrected chi connectivity index (χ2v) is 5.64. The van der Waals surface area contributed by atoms with E-state index in [4.69, 9.17) is 4.74 Å². The average molecular weight is 313 g/mol. The lowest BCUT2D eigenvalue weighted by Gasteiger charge is -2.24. The molecule has 0 aliphatic carbocycles. The van der Waals surface area contributed by atoms with E-state index < -0.39 is 5.97 Å². The Morgan fingerprint density at radius 3 is 2.52 bits per heavy atom. The molecule has 4 nitrogen and oxygen atoms in total. The lowest BCUT2D eigenvalue weighted by molar-refractivity contribution is 0.0697. The van der Waals surface area contributed by atoms with Crippen molar-refractivity contribution >= 4 is 11.7 Å². The van der Waals surface area contributed by atoms with Crippen LogP contribution in [0.1, 0.15) is 35.7 Å². The molecule has 0 aromatic heterocycles. The van der Waals surface area contributed by atoms with Gasteiger partial charge in [0.25, 0.3) is 0 Å². The smallest absolute Gasteiger partial charge is 0.335 e. The summed E-state index contributed by atoms with van der Waals surface area (Å²) in [5, 5.41) is 9.31. The molecule has 0 spiro atoms. The molecule has 0 bridgehead atoms. The Morgan fingerprint density at radius 1 is 1.22 bits per heavy atom. The minimum absolute atomic E-state index is 0.279. The van der Waals surface area contributed by atoms with Crippen molar-refractivity contribution in [3.05, 3.63) is 53.6 Å². The van der Waals surface area contributed by atoms with Crippen LogP contribution in [-0.2, 0) is 0 Å². The zero-order valence-electron chi connectivity index (χ0n) is 13.9. The molecule has 122 valence electrons. The molecule has 4 heteroatoms. The third-order valence-electron chi connectivity index (χ3n) is 3.72. The number of anilines is 1. The summed E-state index contributed by atoms with van der Waals surface area (Å²) in [7, 11) is 1.97. The van der Waals surface area contributed by atoms with Gasteiger partial charge in [-0.15, -0.1) is 0 Å².